The van der Waals surface area contributed by atoms with Gasteiger partial charge in [0.2, 0.25) is 0 Å². The molecule has 1 aliphatic heterocycles. The number of allylic oxidation sites excluding steroid dienone is 10. The van der Waals surface area contributed by atoms with Gasteiger partial charge < -0.3 is 20.1 Å². The predicted molar refractivity (Wildman–Crippen MR) is 217 cm³/mol. The normalized spacial score (nSPS) is 31.1. The van der Waals surface area contributed by atoms with Gasteiger partial charge in [-0.3, -0.25) is 19.3 Å². The van der Waals surface area contributed by atoms with Crippen molar-refractivity contribution >= 4 is 27.4 Å². The number of carbonyl (C=O) groups excluding carboxylic acids is 3. The lowest BCUT2D eigenvalue weighted by Crippen LogP contribution is -2.64. The molecule has 2 unspecified atom stereocenters. The molecule has 0 spiro atoms. The van der Waals surface area contributed by atoms with Crippen LogP contribution in [0.3, 0.4) is 0 Å². The van der Waals surface area contributed by atoms with Crippen LogP contribution in [-0.2, 0) is 29.0 Å². The summed E-state index contributed by atoms with van der Waals surface area (Å²) in [7, 11) is -3.79. The molecule has 1 saturated heterocycles. The Morgan fingerprint density at radius 1 is 0.836 bits per heavy atom. The molecule has 10 nitrogen and oxygen atoms in total. The van der Waals surface area contributed by atoms with E-state index in [9.17, 15) is 38.1 Å². The highest BCUT2D eigenvalue weighted by molar-refractivity contribution is 7.91. The summed E-state index contributed by atoms with van der Waals surface area (Å²) in [6.45, 7) is 17.1. The molecule has 3 aliphatic rings. The highest BCUT2D eigenvalue weighted by atomic mass is 32.2. The third-order valence-electron chi connectivity index (χ3n) is 10.7. The van der Waals surface area contributed by atoms with E-state index in [1.807, 2.05) is 31.2 Å². The molecule has 1 saturated carbocycles. The van der Waals surface area contributed by atoms with Crippen LogP contribution in [0.2, 0.25) is 0 Å². The van der Waals surface area contributed by atoms with Crippen molar-refractivity contribution in [1.82, 2.24) is 4.90 Å². The SMILES string of the molecule is CC(=O)O[C@@H]1[C@H](/C(C)=C/C=C/C(C)/C=C/CC(C)C)[C@@H](O)C(=O)[C@H]2CS(=O)(=O)CCN(CC3=C[C@H](O)[C@H](/C(C)=C/C=C/C(C)/C=C\CC(C)C)[C@@H](O)C3=O)[C@H]12. The summed E-state index contributed by atoms with van der Waals surface area (Å²) in [5.41, 5.74) is 1.24. The second-order valence-electron chi connectivity index (χ2n) is 16.6. The Morgan fingerprint density at radius 3 is 1.87 bits per heavy atom. The number of fused-ring (bicyclic) bond motifs is 1. The summed E-state index contributed by atoms with van der Waals surface area (Å²) in [4.78, 5) is 41.9. The lowest BCUT2D eigenvalue weighted by molar-refractivity contribution is -0.170. The van der Waals surface area contributed by atoms with Crippen LogP contribution in [-0.4, -0.2) is 101 Å². The largest absolute Gasteiger partial charge is 0.460 e. The molecule has 306 valence electrons. The first-order valence-corrected chi connectivity index (χ1v) is 21.5. The monoisotopic (exact) mass is 783 g/mol. The Hall–Kier alpha value is -3.22. The van der Waals surface area contributed by atoms with Gasteiger partial charge in [0.1, 0.15) is 18.3 Å². The Kier molecular flexibility index (Phi) is 17.5. The van der Waals surface area contributed by atoms with Crippen molar-refractivity contribution in [2.45, 2.75) is 106 Å². The average molecular weight is 784 g/mol. The van der Waals surface area contributed by atoms with Gasteiger partial charge in [-0.2, -0.15) is 0 Å². The molecular weight excluding hydrogens is 719 g/mol. The lowest BCUT2D eigenvalue weighted by Gasteiger charge is -2.47. The molecule has 11 heteroatoms. The van der Waals surface area contributed by atoms with E-state index in [4.69, 9.17) is 4.74 Å². The van der Waals surface area contributed by atoms with Crippen LogP contribution < -0.4 is 0 Å². The summed E-state index contributed by atoms with van der Waals surface area (Å²) in [6, 6.07) is -1.02. The molecule has 0 amide bonds. The van der Waals surface area contributed by atoms with E-state index in [0.717, 1.165) is 12.8 Å². The first-order valence-electron chi connectivity index (χ1n) is 19.7. The number of sulfone groups is 1. The number of hydrogen-bond acceptors (Lipinski definition) is 10. The Labute approximate surface area is 329 Å². The van der Waals surface area contributed by atoms with Crippen molar-refractivity contribution in [3.05, 3.63) is 83.6 Å². The summed E-state index contributed by atoms with van der Waals surface area (Å²) >= 11 is 0. The Morgan fingerprint density at radius 2 is 1.36 bits per heavy atom. The number of aliphatic hydroxyl groups excluding tert-OH is 3. The minimum atomic E-state index is -3.79. The number of ketones is 2. The van der Waals surface area contributed by atoms with Gasteiger partial charge in [0.05, 0.1) is 35.5 Å². The molecule has 55 heavy (non-hydrogen) atoms. The molecule has 10 atom stereocenters. The van der Waals surface area contributed by atoms with E-state index in [1.54, 1.807) is 30.9 Å². The third-order valence-corrected chi connectivity index (χ3v) is 12.4. The minimum absolute atomic E-state index is 0.0629. The van der Waals surface area contributed by atoms with Gasteiger partial charge in [-0.25, -0.2) is 8.42 Å². The highest BCUT2D eigenvalue weighted by Gasteiger charge is 2.56. The van der Waals surface area contributed by atoms with E-state index in [2.05, 4.69) is 58.9 Å². The smallest absolute Gasteiger partial charge is 0.302 e. The molecule has 3 rings (SSSR count). The Bertz CT molecular complexity index is 1680. The van der Waals surface area contributed by atoms with Crippen molar-refractivity contribution in [1.29, 1.82) is 0 Å². The lowest BCUT2D eigenvalue weighted by atomic mass is 9.70. The van der Waals surface area contributed by atoms with E-state index >= 15 is 0 Å². The van der Waals surface area contributed by atoms with Crippen LogP contribution in [0.5, 0.6) is 0 Å². The van der Waals surface area contributed by atoms with Gasteiger partial charge in [0.25, 0.3) is 0 Å². The zero-order valence-corrected chi connectivity index (χ0v) is 35.0. The van der Waals surface area contributed by atoms with Crippen LogP contribution in [0.15, 0.2) is 83.6 Å². The summed E-state index contributed by atoms with van der Waals surface area (Å²) < 4.78 is 32.3. The standard InChI is InChI=1S/C44H65NO9S/c1-27(2)14-10-16-29(5)18-12-20-31(7)37-36(47)24-34(40(48)42(37)50)25-45-22-23-55(52,53)26-35-39(45)44(54-33(9)46)38(43(51)41(35)49)32(8)21-13-19-30(6)17-11-15-28(3)4/h10-13,16-21,24,27-30,35-39,42-44,47,50-51H,14-15,22-23,25-26H2,1-9H3/b16-10-,17-11+,18-12+,19-13+,31-20+,32-21+/t29?,30?,35-,36-,37-,38+,39-,42+,43+,44+/m0/s1. The molecule has 2 fully saturated rings. The van der Waals surface area contributed by atoms with Gasteiger partial charge in [-0.15, -0.1) is 0 Å². The number of rotatable bonds is 15. The first kappa shape index (κ1) is 46.2. The topological polar surface area (TPSA) is 159 Å². The van der Waals surface area contributed by atoms with Gasteiger partial charge in [-0.1, -0.05) is 113 Å². The summed E-state index contributed by atoms with van der Waals surface area (Å²) in [6.07, 6.45) is 17.4. The van der Waals surface area contributed by atoms with Crippen molar-refractivity contribution < 1.29 is 42.9 Å². The molecule has 0 aromatic carbocycles. The molecular formula is C44H65NO9S. The Balaban J connectivity index is 1.96. The number of hydrogen-bond donors (Lipinski definition) is 3. The molecule has 2 aliphatic carbocycles. The van der Waals surface area contributed by atoms with Gasteiger partial charge in [0, 0.05) is 31.5 Å². The van der Waals surface area contributed by atoms with E-state index in [1.165, 1.54) is 13.0 Å². The zero-order chi connectivity index (χ0) is 41.2. The fourth-order valence-corrected chi connectivity index (χ4v) is 9.25. The maximum atomic E-state index is 13.9. The van der Waals surface area contributed by atoms with Gasteiger partial charge in [0.15, 0.2) is 21.4 Å². The molecule has 0 aromatic rings. The molecule has 3 N–H and O–H groups in total. The second-order valence-corrected chi connectivity index (χ2v) is 18.8. The van der Waals surface area contributed by atoms with Crippen LogP contribution >= 0.6 is 0 Å². The second kappa shape index (κ2) is 20.8. The van der Waals surface area contributed by atoms with Crippen LogP contribution in [0, 0.1) is 41.4 Å². The van der Waals surface area contributed by atoms with E-state index < -0.39 is 81.3 Å². The number of ether oxygens (including phenoxy) is 1. The van der Waals surface area contributed by atoms with E-state index in [0.29, 0.717) is 23.0 Å². The quantitative estimate of drug-likeness (QED) is 0.110. The summed E-state index contributed by atoms with van der Waals surface area (Å²) in [5, 5.41) is 34.0. The van der Waals surface area contributed by atoms with E-state index in [-0.39, 0.29) is 36.3 Å². The van der Waals surface area contributed by atoms with Crippen molar-refractivity contribution in [2.75, 3.05) is 24.6 Å². The predicted octanol–water partition coefficient (Wildman–Crippen LogP) is 5.52. The number of carbonyl (C=O) groups is 3. The number of nitrogens with zero attached hydrogens (tertiary/aromatic N) is 1. The van der Waals surface area contributed by atoms with Crippen LogP contribution in [0.25, 0.3) is 0 Å². The van der Waals surface area contributed by atoms with Gasteiger partial charge >= 0.3 is 5.97 Å². The van der Waals surface area contributed by atoms with Crippen molar-refractivity contribution in [3.63, 3.8) is 0 Å². The number of Topliss-reactive ketones (excluding diaryl/α,β-unsaturated/α-hetero) is 2. The first-order chi connectivity index (χ1) is 25.7. The number of aliphatic hydroxyl groups is 3. The number of esters is 1. The summed E-state index contributed by atoms with van der Waals surface area (Å²) in [5.74, 6) is -4.63. The molecule has 0 bridgehead atoms. The zero-order valence-electron chi connectivity index (χ0n) is 34.2. The fourth-order valence-electron chi connectivity index (χ4n) is 7.66. The minimum Gasteiger partial charge on any atom is -0.460 e. The highest BCUT2D eigenvalue weighted by Crippen LogP contribution is 2.40. The van der Waals surface area contributed by atoms with Crippen LogP contribution in [0.1, 0.15) is 75.2 Å². The van der Waals surface area contributed by atoms with Crippen molar-refractivity contribution in [3.8, 4) is 0 Å². The average Bonchev–Trinajstić information content (AvgIpc) is 3.20. The third kappa shape index (κ3) is 13.2. The van der Waals surface area contributed by atoms with Crippen molar-refractivity contribution in [2.24, 2.45) is 41.4 Å². The fraction of sp³-hybridized carbons (Fsp3) is 0.614. The van der Waals surface area contributed by atoms with Crippen LogP contribution in [0.4, 0.5) is 0 Å². The maximum absolute atomic E-state index is 13.9. The molecule has 0 aromatic heterocycles. The maximum Gasteiger partial charge on any atom is 0.302 e. The molecule has 0 radical (unpaired) electrons. The van der Waals surface area contributed by atoms with Gasteiger partial charge in [-0.05, 0) is 56.4 Å². The molecule has 1 heterocycles.